The van der Waals surface area contributed by atoms with E-state index >= 15 is 0 Å². The highest BCUT2D eigenvalue weighted by molar-refractivity contribution is 5.20. The Kier molecular flexibility index (Phi) is 5.07. The number of furan rings is 1. The highest BCUT2D eigenvalue weighted by Gasteiger charge is 2.24. The normalized spacial score (nSPS) is 14.8. The van der Waals surface area contributed by atoms with E-state index in [1.165, 1.54) is 18.4 Å². The van der Waals surface area contributed by atoms with Gasteiger partial charge in [-0.25, -0.2) is 0 Å². The molecule has 1 heterocycles. The summed E-state index contributed by atoms with van der Waals surface area (Å²) in [5.74, 6) is 5.65. The van der Waals surface area contributed by atoms with Gasteiger partial charge >= 0.3 is 0 Å². The van der Waals surface area contributed by atoms with Crippen molar-refractivity contribution >= 4 is 0 Å². The van der Waals surface area contributed by atoms with Gasteiger partial charge in [0.25, 0.3) is 0 Å². The molecule has 1 fully saturated rings. The molecular weight excluding hydrogens is 236 g/mol. The number of rotatable bonds is 8. The molecule has 0 aliphatic heterocycles. The van der Waals surface area contributed by atoms with Crippen LogP contribution < -0.4 is 5.32 Å². The number of nitrogens with zero attached hydrogens (tertiary/aromatic N) is 1. The van der Waals surface area contributed by atoms with Crippen molar-refractivity contribution in [2.24, 2.45) is 5.92 Å². The molecule has 19 heavy (non-hydrogen) atoms. The zero-order valence-electron chi connectivity index (χ0n) is 12.0. The lowest BCUT2D eigenvalue weighted by atomic mass is 10.2. The second kappa shape index (κ2) is 6.79. The van der Waals surface area contributed by atoms with E-state index < -0.39 is 0 Å². The maximum Gasteiger partial charge on any atom is 0.118 e. The van der Waals surface area contributed by atoms with Crippen molar-refractivity contribution in [2.45, 2.75) is 39.8 Å². The lowest BCUT2D eigenvalue weighted by molar-refractivity contribution is 0.260. The summed E-state index contributed by atoms with van der Waals surface area (Å²) in [6.45, 7) is 8.64. The molecule has 0 atom stereocenters. The molecule has 1 aromatic rings. The quantitative estimate of drug-likeness (QED) is 0.728. The average molecular weight is 260 g/mol. The summed E-state index contributed by atoms with van der Waals surface area (Å²) in [5, 5.41) is 3.33. The van der Waals surface area contributed by atoms with Crippen LogP contribution in [0.4, 0.5) is 0 Å². The first-order chi connectivity index (χ1) is 9.22. The van der Waals surface area contributed by atoms with E-state index in [2.05, 4.69) is 29.1 Å². The van der Waals surface area contributed by atoms with Crippen LogP contribution in [0.15, 0.2) is 10.5 Å². The van der Waals surface area contributed by atoms with Gasteiger partial charge in [0.1, 0.15) is 11.5 Å². The van der Waals surface area contributed by atoms with Crippen molar-refractivity contribution in [1.29, 1.82) is 0 Å². The van der Waals surface area contributed by atoms with Crippen LogP contribution in [0.2, 0.25) is 0 Å². The Bertz CT molecular complexity index is 440. The Morgan fingerprint density at radius 2 is 2.32 bits per heavy atom. The van der Waals surface area contributed by atoms with Gasteiger partial charge in [-0.05, 0) is 38.3 Å². The second-order valence-electron chi connectivity index (χ2n) is 5.39. The van der Waals surface area contributed by atoms with Gasteiger partial charge in [-0.15, -0.1) is 6.42 Å². The molecule has 1 aliphatic rings. The van der Waals surface area contributed by atoms with Crippen LogP contribution in [0.1, 0.15) is 36.8 Å². The summed E-state index contributed by atoms with van der Waals surface area (Å²) in [6.07, 6.45) is 8.15. The predicted octanol–water partition coefficient (Wildman–Crippen LogP) is 2.54. The lowest BCUT2D eigenvalue weighted by Gasteiger charge is -2.17. The fourth-order valence-corrected chi connectivity index (χ4v) is 2.30. The first-order valence-electron chi connectivity index (χ1n) is 7.17. The number of hydrogen-bond acceptors (Lipinski definition) is 3. The summed E-state index contributed by atoms with van der Waals surface area (Å²) >= 11 is 0. The van der Waals surface area contributed by atoms with E-state index in [0.717, 1.165) is 43.6 Å². The Morgan fingerprint density at radius 1 is 1.53 bits per heavy atom. The molecule has 1 aliphatic carbocycles. The molecule has 3 heteroatoms. The zero-order valence-corrected chi connectivity index (χ0v) is 12.0. The molecule has 0 spiro atoms. The Balaban J connectivity index is 1.93. The third-order valence-electron chi connectivity index (χ3n) is 3.54. The fraction of sp³-hybridized carbons (Fsp3) is 0.625. The number of nitrogens with one attached hydrogen (secondary N) is 1. The van der Waals surface area contributed by atoms with Crippen molar-refractivity contribution in [2.75, 3.05) is 19.6 Å². The molecule has 0 amide bonds. The maximum atomic E-state index is 5.84. The standard InChI is InChI=1S/C16H24N2O/c1-4-8-18(11-14-6-7-14)12-16-9-15(10-17-5-2)13(3)19-16/h1,9,14,17H,5-8,10-12H2,2-3H3. The van der Waals surface area contributed by atoms with Gasteiger partial charge in [-0.3, -0.25) is 4.90 Å². The summed E-state index contributed by atoms with van der Waals surface area (Å²) in [6, 6.07) is 2.16. The zero-order chi connectivity index (χ0) is 13.7. The number of terminal acetylenes is 1. The molecule has 0 aromatic carbocycles. The van der Waals surface area contributed by atoms with Crippen LogP contribution in [0.5, 0.6) is 0 Å². The summed E-state index contributed by atoms with van der Waals surface area (Å²) < 4.78 is 5.84. The van der Waals surface area contributed by atoms with Crippen molar-refractivity contribution in [3.63, 3.8) is 0 Å². The molecule has 3 nitrogen and oxygen atoms in total. The Morgan fingerprint density at radius 3 is 2.95 bits per heavy atom. The van der Waals surface area contributed by atoms with Gasteiger partial charge < -0.3 is 9.73 Å². The third-order valence-corrected chi connectivity index (χ3v) is 3.54. The molecule has 1 aromatic heterocycles. The van der Waals surface area contributed by atoms with Crippen molar-refractivity contribution < 1.29 is 4.42 Å². The molecule has 0 bridgehead atoms. The van der Waals surface area contributed by atoms with Crippen molar-refractivity contribution in [3.05, 3.63) is 23.2 Å². The third kappa shape index (κ3) is 4.41. The lowest BCUT2D eigenvalue weighted by Crippen LogP contribution is -2.25. The van der Waals surface area contributed by atoms with Crippen LogP contribution in [-0.4, -0.2) is 24.5 Å². The minimum Gasteiger partial charge on any atom is -0.465 e. The largest absolute Gasteiger partial charge is 0.465 e. The first-order valence-corrected chi connectivity index (χ1v) is 7.17. The van der Waals surface area contributed by atoms with Gasteiger partial charge in [-0.1, -0.05) is 12.8 Å². The van der Waals surface area contributed by atoms with Gasteiger partial charge in [0.15, 0.2) is 0 Å². The van der Waals surface area contributed by atoms with Gasteiger partial charge in [0.05, 0.1) is 13.1 Å². The van der Waals surface area contributed by atoms with Gasteiger partial charge in [0, 0.05) is 18.7 Å². The van der Waals surface area contributed by atoms with E-state index in [9.17, 15) is 0 Å². The van der Waals surface area contributed by atoms with Crippen molar-refractivity contribution in [1.82, 2.24) is 10.2 Å². The van der Waals surface area contributed by atoms with E-state index in [-0.39, 0.29) is 0 Å². The topological polar surface area (TPSA) is 28.4 Å². The van der Waals surface area contributed by atoms with Crippen LogP contribution in [-0.2, 0) is 13.1 Å². The van der Waals surface area contributed by atoms with Crippen LogP contribution >= 0.6 is 0 Å². The van der Waals surface area contributed by atoms with E-state index in [4.69, 9.17) is 10.8 Å². The fourth-order valence-electron chi connectivity index (χ4n) is 2.30. The average Bonchev–Trinajstić information content (AvgIpc) is 3.11. The highest BCUT2D eigenvalue weighted by atomic mass is 16.3. The van der Waals surface area contributed by atoms with Crippen LogP contribution in [0, 0.1) is 25.2 Å². The minimum absolute atomic E-state index is 0.707. The highest BCUT2D eigenvalue weighted by Crippen LogP contribution is 2.30. The molecule has 104 valence electrons. The Hall–Kier alpha value is -1.24. The van der Waals surface area contributed by atoms with Crippen LogP contribution in [0.3, 0.4) is 0 Å². The van der Waals surface area contributed by atoms with E-state index in [1.54, 1.807) is 0 Å². The SMILES string of the molecule is C#CCN(Cc1cc(CNCC)c(C)o1)CC1CC1. The summed E-state index contributed by atoms with van der Waals surface area (Å²) in [7, 11) is 0. The van der Waals surface area contributed by atoms with Gasteiger partial charge in [0.2, 0.25) is 0 Å². The Labute approximate surface area is 116 Å². The maximum absolute atomic E-state index is 5.84. The summed E-state index contributed by atoms with van der Waals surface area (Å²) in [5.41, 5.74) is 1.25. The van der Waals surface area contributed by atoms with Crippen molar-refractivity contribution in [3.8, 4) is 12.3 Å². The second-order valence-corrected chi connectivity index (χ2v) is 5.39. The van der Waals surface area contributed by atoms with Gasteiger partial charge in [-0.2, -0.15) is 0 Å². The molecule has 1 saturated carbocycles. The number of hydrogen-bond donors (Lipinski definition) is 1. The molecule has 0 radical (unpaired) electrons. The summed E-state index contributed by atoms with van der Waals surface area (Å²) in [4.78, 5) is 2.31. The minimum atomic E-state index is 0.707. The van der Waals surface area contributed by atoms with E-state index in [1.807, 2.05) is 6.92 Å². The molecule has 0 unspecified atom stereocenters. The monoisotopic (exact) mass is 260 g/mol. The first kappa shape index (κ1) is 14.2. The molecular formula is C16H24N2O. The number of aryl methyl sites for hydroxylation is 1. The molecule has 2 rings (SSSR count). The van der Waals surface area contributed by atoms with Crippen LogP contribution in [0.25, 0.3) is 0 Å². The van der Waals surface area contributed by atoms with E-state index in [0.29, 0.717) is 6.54 Å². The predicted molar refractivity (Wildman–Crippen MR) is 77.7 cm³/mol. The smallest absolute Gasteiger partial charge is 0.118 e. The molecule has 1 N–H and O–H groups in total. The molecule has 0 saturated heterocycles.